The zero-order chi connectivity index (χ0) is 58.2. The van der Waals surface area contributed by atoms with Crippen LogP contribution in [0.5, 0.6) is 0 Å². The molecule has 24 heteroatoms. The molecule has 0 heterocycles. The van der Waals surface area contributed by atoms with Gasteiger partial charge in [-0.05, 0) is 95.9 Å². The Morgan fingerprint density at radius 2 is 0.571 bits per heavy atom. The third kappa shape index (κ3) is 36.9. The summed E-state index contributed by atoms with van der Waals surface area (Å²) in [6.45, 7) is 26.1. The van der Waals surface area contributed by atoms with Gasteiger partial charge in [-0.25, -0.2) is 19.2 Å². The van der Waals surface area contributed by atoms with Gasteiger partial charge in [0.2, 0.25) is 23.6 Å². The van der Waals surface area contributed by atoms with Gasteiger partial charge in [0.05, 0.1) is 49.3 Å². The van der Waals surface area contributed by atoms with Crippen LogP contribution in [0, 0.1) is 0 Å². The lowest BCUT2D eigenvalue weighted by Gasteiger charge is -2.16. The van der Waals surface area contributed by atoms with Crippen LogP contribution in [0.4, 0.5) is 0 Å². The van der Waals surface area contributed by atoms with E-state index in [-0.39, 0.29) is 47.1 Å². The van der Waals surface area contributed by atoms with E-state index < -0.39 is 95.8 Å². The van der Waals surface area contributed by atoms with Crippen LogP contribution >= 0.6 is 0 Å². The van der Waals surface area contributed by atoms with Crippen LogP contribution in [0.2, 0.25) is 0 Å². The number of nitrogens with one attached hydrogen (secondary N) is 4. The van der Waals surface area contributed by atoms with Gasteiger partial charge in [0.1, 0.15) is 74.8 Å². The van der Waals surface area contributed by atoms with Crippen molar-refractivity contribution >= 4 is 70.4 Å². The largest absolute Gasteiger partial charge is 0.462 e. The summed E-state index contributed by atoms with van der Waals surface area (Å²) in [6, 6.07) is -6.59. The van der Waals surface area contributed by atoms with Crippen LogP contribution < -0.4 is 21.3 Å². The molecule has 4 amide bonds. The van der Waals surface area contributed by atoms with Crippen molar-refractivity contribution in [2.45, 2.75) is 191 Å². The van der Waals surface area contributed by atoms with Crippen LogP contribution in [0.15, 0.2) is 20.0 Å². The van der Waals surface area contributed by atoms with Gasteiger partial charge in [0.25, 0.3) is 0 Å². The second-order valence-electron chi connectivity index (χ2n) is 17.8. The van der Waals surface area contributed by atoms with Gasteiger partial charge in [0, 0.05) is 27.4 Å². The van der Waals surface area contributed by atoms with Crippen molar-refractivity contribution in [2.24, 2.45) is 20.0 Å². The Morgan fingerprint density at radius 1 is 0.351 bits per heavy atom. The highest BCUT2D eigenvalue weighted by molar-refractivity contribution is 6.41. The Bertz CT molecular complexity index is 1760. The van der Waals surface area contributed by atoms with E-state index in [4.69, 9.17) is 37.9 Å². The summed E-state index contributed by atoms with van der Waals surface area (Å²) >= 11 is 0. The molecule has 0 aromatic rings. The Labute approximate surface area is 458 Å². The van der Waals surface area contributed by atoms with Crippen LogP contribution in [0.25, 0.3) is 0 Å². The normalized spacial score (nSPS) is 15.0. The van der Waals surface area contributed by atoms with E-state index in [9.17, 15) is 38.4 Å². The zero-order valence-electron chi connectivity index (χ0n) is 48.3. The maximum atomic E-state index is 12.5. The lowest BCUT2D eigenvalue weighted by Crippen LogP contribution is -2.44. The molecular weight excluding hydrogens is 1000 g/mol. The molecule has 24 nitrogen and oxygen atoms in total. The number of rotatable bonds is 38. The maximum absolute atomic E-state index is 12.5. The van der Waals surface area contributed by atoms with Crippen molar-refractivity contribution in [3.63, 3.8) is 0 Å². The molecule has 4 N–H and O–H groups in total. The fourth-order valence-corrected chi connectivity index (χ4v) is 5.81. The molecule has 77 heavy (non-hydrogen) atoms. The minimum Gasteiger partial charge on any atom is -0.462 e. The Morgan fingerprint density at radius 3 is 0.779 bits per heavy atom. The van der Waals surface area contributed by atoms with Gasteiger partial charge in [-0.2, -0.15) is 0 Å². The lowest BCUT2D eigenvalue weighted by molar-refractivity contribution is -0.149. The van der Waals surface area contributed by atoms with Gasteiger partial charge in [0.15, 0.2) is 0 Å². The van der Waals surface area contributed by atoms with Crippen molar-refractivity contribution in [1.29, 1.82) is 0 Å². The first kappa shape index (κ1) is 75.5. The van der Waals surface area contributed by atoms with Gasteiger partial charge in [-0.1, -0.05) is 47.0 Å². The molecule has 0 saturated heterocycles. The molecule has 0 aromatic heterocycles. The Hall–Kier alpha value is -5.72. The molecule has 0 fully saturated rings. The number of methoxy groups -OCH3 is 2. The Kier molecular flexibility index (Phi) is 44.4. The number of ether oxygens (including phenoxy) is 8. The average molecular weight is 1100 g/mol. The summed E-state index contributed by atoms with van der Waals surface area (Å²) in [5.41, 5.74) is 1.81. The molecule has 0 aliphatic heterocycles. The van der Waals surface area contributed by atoms with E-state index in [0.717, 1.165) is 38.5 Å². The number of hydrogen-bond donors (Lipinski definition) is 4. The molecular formula is C53H96N8O16. The standard InChI is InChI=1S/2C26H46N4O8.CH4/c2*1-9-10-11-12-36-14-16-38-26(34)22(7)30-24(32)20(5)28-18(3)17(2)27-19(4)23(31)29-21(6)25(33)37-15-13-35-8;/h2*19-22H,9-16H2,1-8H3,(H,29,31)(H,30,32);1H4. The number of amides is 4. The summed E-state index contributed by atoms with van der Waals surface area (Å²) in [5.74, 6) is -4.09. The summed E-state index contributed by atoms with van der Waals surface area (Å²) in [6.07, 6.45) is 6.34. The second-order valence-corrected chi connectivity index (χ2v) is 17.8. The first-order chi connectivity index (χ1) is 35.9. The average Bonchev–Trinajstić information content (AvgIpc) is 3.37. The SMILES string of the molecule is C.CCCCCOCCOC(=O)C(C)NC(=O)C(C)N=C(C)C(C)=NC(C)C(=O)NC(C)C(=O)OCCOC.CCCCCOCCOC(=O)C(C)NC(=O)C(C)N=C(C)C(C)=NC(C)C(=O)NC(C)C(=O)OCCOC. The minimum atomic E-state index is -0.845. The second kappa shape index (κ2) is 45.3. The molecule has 0 spiro atoms. The number of unbranched alkanes of at least 4 members (excludes halogenated alkanes) is 4. The first-order valence-corrected chi connectivity index (χ1v) is 26.1. The molecule has 444 valence electrons. The van der Waals surface area contributed by atoms with E-state index in [1.807, 2.05) is 0 Å². The minimum absolute atomic E-state index is 0. The predicted molar refractivity (Wildman–Crippen MR) is 296 cm³/mol. The fourth-order valence-electron chi connectivity index (χ4n) is 5.81. The quantitative estimate of drug-likeness (QED) is 0.0295. The lowest BCUT2D eigenvalue weighted by atomic mass is 10.2. The van der Waals surface area contributed by atoms with Crippen molar-refractivity contribution in [3.8, 4) is 0 Å². The van der Waals surface area contributed by atoms with E-state index in [0.29, 0.717) is 49.3 Å². The Balaban J connectivity index is -0.00000140. The molecule has 0 aliphatic rings. The molecule has 8 atom stereocenters. The third-order valence-corrected chi connectivity index (χ3v) is 10.8. The van der Waals surface area contributed by atoms with Gasteiger partial charge in [-0.15, -0.1) is 0 Å². The highest BCUT2D eigenvalue weighted by Gasteiger charge is 2.25. The van der Waals surface area contributed by atoms with Crippen molar-refractivity contribution in [3.05, 3.63) is 0 Å². The molecule has 0 aromatic carbocycles. The highest BCUT2D eigenvalue weighted by atomic mass is 16.6. The highest BCUT2D eigenvalue weighted by Crippen LogP contribution is 2.04. The molecule has 8 unspecified atom stereocenters. The van der Waals surface area contributed by atoms with Crippen LogP contribution in [-0.4, -0.2) is 199 Å². The number of aliphatic imine (C=N–C) groups is 4. The molecule has 0 bridgehead atoms. The molecule has 0 radical (unpaired) electrons. The van der Waals surface area contributed by atoms with Crippen molar-refractivity contribution < 1.29 is 76.3 Å². The molecule has 0 aliphatic carbocycles. The van der Waals surface area contributed by atoms with Crippen LogP contribution in [0.3, 0.4) is 0 Å². The first-order valence-electron chi connectivity index (χ1n) is 26.1. The summed E-state index contributed by atoms with van der Waals surface area (Å²) < 4.78 is 40.7. The van der Waals surface area contributed by atoms with Crippen molar-refractivity contribution in [1.82, 2.24) is 21.3 Å². The summed E-state index contributed by atoms with van der Waals surface area (Å²) in [5, 5.41) is 10.3. The van der Waals surface area contributed by atoms with Gasteiger partial charge in [-0.3, -0.25) is 39.1 Å². The van der Waals surface area contributed by atoms with Crippen molar-refractivity contribution in [2.75, 3.05) is 80.3 Å². The van der Waals surface area contributed by atoms with Gasteiger partial charge >= 0.3 is 23.9 Å². The number of esters is 4. The topological polar surface area (TPSA) is 308 Å². The number of carbonyl (C=O) groups is 8. The zero-order valence-corrected chi connectivity index (χ0v) is 48.3. The third-order valence-electron chi connectivity index (χ3n) is 10.8. The van der Waals surface area contributed by atoms with Gasteiger partial charge < -0.3 is 59.2 Å². The molecule has 0 saturated carbocycles. The maximum Gasteiger partial charge on any atom is 0.328 e. The van der Waals surface area contributed by atoms with Crippen LogP contribution in [-0.2, 0) is 76.3 Å². The fraction of sp³-hybridized carbons (Fsp3) is 0.774. The number of carbonyl (C=O) groups excluding carboxylic acids is 8. The van der Waals surface area contributed by atoms with E-state index in [1.54, 1.807) is 55.4 Å². The number of nitrogens with zero attached hydrogens (tertiary/aromatic N) is 4. The van der Waals surface area contributed by atoms with E-state index in [1.165, 1.54) is 41.9 Å². The van der Waals surface area contributed by atoms with E-state index in [2.05, 4.69) is 55.1 Å². The predicted octanol–water partition coefficient (Wildman–Crippen LogP) is 3.90. The summed E-state index contributed by atoms with van der Waals surface area (Å²) in [4.78, 5) is 115. The van der Waals surface area contributed by atoms with Crippen LogP contribution in [0.1, 0.15) is 143 Å². The van der Waals surface area contributed by atoms with E-state index >= 15 is 0 Å². The number of hydrogen-bond acceptors (Lipinski definition) is 20. The molecule has 0 rings (SSSR count). The monoisotopic (exact) mass is 1100 g/mol. The smallest absolute Gasteiger partial charge is 0.328 e. The summed E-state index contributed by atoms with van der Waals surface area (Å²) in [7, 11) is 2.98.